The van der Waals surface area contributed by atoms with Crippen molar-refractivity contribution in [3.05, 3.63) is 57.9 Å². The average molecular weight is 419 g/mol. The molecule has 1 aromatic heterocycles. The molecule has 3 nitrogen and oxygen atoms in total. The molecule has 0 radical (unpaired) electrons. The number of imidazole rings is 1. The first-order valence-electron chi connectivity index (χ1n) is 8.60. The van der Waals surface area contributed by atoms with Crippen molar-refractivity contribution in [3.8, 4) is 0 Å². The predicted octanol–water partition coefficient (Wildman–Crippen LogP) is 5.63. The molecule has 1 aliphatic heterocycles. The topological polar surface area (TPSA) is 21.1 Å². The molecular formula is C19H23Cl3FN3. The average Bonchev–Trinajstić information content (AvgIpc) is 2.86. The number of aryl methyl sites for hydroxylation is 1. The summed E-state index contributed by atoms with van der Waals surface area (Å²) in [5.41, 5.74) is 2.44. The van der Waals surface area contributed by atoms with Crippen LogP contribution in [0.15, 0.2) is 30.3 Å². The standard InChI is InChI=1S/C19H22Cl2FN3.ClH/c1-14-23-18(20)19(21)25(14)11-3-2-10-24-12-8-16(9-13-24)15-4-6-17(22)7-5-15;/h4-8H,2-3,9-13H2,1H3;1H. The summed E-state index contributed by atoms with van der Waals surface area (Å²) < 4.78 is 15.0. The Hall–Kier alpha value is -1.07. The van der Waals surface area contributed by atoms with Gasteiger partial charge in [0, 0.05) is 19.6 Å². The summed E-state index contributed by atoms with van der Waals surface area (Å²) in [5, 5.41) is 0.915. The van der Waals surface area contributed by atoms with E-state index in [1.165, 1.54) is 17.7 Å². The van der Waals surface area contributed by atoms with Gasteiger partial charge in [0.25, 0.3) is 0 Å². The van der Waals surface area contributed by atoms with Gasteiger partial charge in [0.05, 0.1) is 0 Å². The summed E-state index contributed by atoms with van der Waals surface area (Å²) in [6.07, 6.45) is 5.41. The van der Waals surface area contributed by atoms with E-state index in [0.29, 0.717) is 10.3 Å². The lowest BCUT2D eigenvalue weighted by Gasteiger charge is -2.26. The van der Waals surface area contributed by atoms with Crippen LogP contribution in [-0.2, 0) is 6.54 Å². The number of aromatic nitrogens is 2. The Morgan fingerprint density at radius 3 is 2.38 bits per heavy atom. The Labute approximate surface area is 170 Å². The maximum Gasteiger partial charge on any atom is 0.166 e. The van der Waals surface area contributed by atoms with Crippen LogP contribution in [0.3, 0.4) is 0 Å². The molecule has 7 heteroatoms. The molecule has 0 atom stereocenters. The number of benzene rings is 1. The van der Waals surface area contributed by atoms with Crippen LogP contribution >= 0.6 is 35.6 Å². The summed E-state index contributed by atoms with van der Waals surface area (Å²) in [6, 6.07) is 6.77. The Morgan fingerprint density at radius 2 is 1.81 bits per heavy atom. The van der Waals surface area contributed by atoms with E-state index in [4.69, 9.17) is 23.2 Å². The fourth-order valence-electron chi connectivity index (χ4n) is 3.21. The summed E-state index contributed by atoms with van der Waals surface area (Å²) in [4.78, 5) is 6.62. The van der Waals surface area contributed by atoms with Gasteiger partial charge in [-0.2, -0.15) is 0 Å². The number of unbranched alkanes of at least 4 members (excludes halogenated alkanes) is 1. The van der Waals surface area contributed by atoms with E-state index in [2.05, 4.69) is 16.0 Å². The van der Waals surface area contributed by atoms with Gasteiger partial charge in [-0.1, -0.05) is 41.4 Å². The van der Waals surface area contributed by atoms with Crippen molar-refractivity contribution in [3.63, 3.8) is 0 Å². The van der Waals surface area contributed by atoms with E-state index >= 15 is 0 Å². The molecule has 0 unspecified atom stereocenters. The van der Waals surface area contributed by atoms with Crippen molar-refractivity contribution in [1.29, 1.82) is 0 Å². The highest BCUT2D eigenvalue weighted by molar-refractivity contribution is 6.40. The Kier molecular flexibility index (Phi) is 7.96. The molecule has 0 amide bonds. The fourth-order valence-corrected chi connectivity index (χ4v) is 3.68. The van der Waals surface area contributed by atoms with Crippen molar-refractivity contribution >= 4 is 41.2 Å². The van der Waals surface area contributed by atoms with Gasteiger partial charge in [0.15, 0.2) is 5.15 Å². The molecule has 2 aromatic rings. The molecular weight excluding hydrogens is 396 g/mol. The third-order valence-electron chi connectivity index (χ3n) is 4.67. The molecule has 0 spiro atoms. The molecule has 0 N–H and O–H groups in total. The quantitative estimate of drug-likeness (QED) is 0.567. The van der Waals surface area contributed by atoms with Gasteiger partial charge < -0.3 is 4.57 Å². The van der Waals surface area contributed by atoms with Crippen LogP contribution < -0.4 is 0 Å². The van der Waals surface area contributed by atoms with E-state index in [1.54, 1.807) is 0 Å². The zero-order valence-electron chi connectivity index (χ0n) is 14.7. The van der Waals surface area contributed by atoms with Gasteiger partial charge >= 0.3 is 0 Å². The van der Waals surface area contributed by atoms with E-state index in [-0.39, 0.29) is 18.2 Å². The first-order chi connectivity index (χ1) is 12.0. The van der Waals surface area contributed by atoms with Crippen LogP contribution in [0.1, 0.15) is 30.7 Å². The summed E-state index contributed by atoms with van der Waals surface area (Å²) >= 11 is 12.1. The summed E-state index contributed by atoms with van der Waals surface area (Å²) in [7, 11) is 0. The smallest absolute Gasteiger partial charge is 0.166 e. The molecule has 1 aliphatic rings. The van der Waals surface area contributed by atoms with Crippen molar-refractivity contribution in [2.75, 3.05) is 19.6 Å². The van der Waals surface area contributed by atoms with Gasteiger partial charge in [0.1, 0.15) is 16.8 Å². The lowest BCUT2D eigenvalue weighted by atomic mass is 9.99. The maximum absolute atomic E-state index is 13.0. The SMILES string of the molecule is Cc1nc(Cl)c(Cl)n1CCCCN1CC=C(c2ccc(F)cc2)CC1.Cl. The van der Waals surface area contributed by atoms with E-state index in [1.807, 2.05) is 23.6 Å². The Balaban J connectivity index is 0.00000243. The molecule has 1 aromatic carbocycles. The Bertz CT molecular complexity index is 756. The van der Waals surface area contributed by atoms with E-state index in [0.717, 1.165) is 56.8 Å². The second-order valence-corrected chi connectivity index (χ2v) is 7.10. The minimum atomic E-state index is -0.184. The first-order valence-corrected chi connectivity index (χ1v) is 9.35. The van der Waals surface area contributed by atoms with Crippen molar-refractivity contribution in [2.45, 2.75) is 32.7 Å². The third-order valence-corrected chi connectivity index (χ3v) is 5.42. The van der Waals surface area contributed by atoms with Gasteiger partial charge in [-0.3, -0.25) is 4.90 Å². The van der Waals surface area contributed by atoms with E-state index < -0.39 is 0 Å². The first kappa shape index (κ1) is 21.2. The van der Waals surface area contributed by atoms with Gasteiger partial charge in [0.2, 0.25) is 0 Å². The number of hydrogen-bond acceptors (Lipinski definition) is 2. The molecule has 0 fully saturated rings. The highest BCUT2D eigenvalue weighted by atomic mass is 35.5. The second kappa shape index (κ2) is 9.75. The lowest BCUT2D eigenvalue weighted by molar-refractivity contribution is 0.292. The zero-order chi connectivity index (χ0) is 17.8. The summed E-state index contributed by atoms with van der Waals surface area (Å²) in [6.45, 7) is 5.81. The van der Waals surface area contributed by atoms with Crippen LogP contribution in [0.5, 0.6) is 0 Å². The van der Waals surface area contributed by atoms with Gasteiger partial charge in [-0.05, 0) is 56.0 Å². The highest BCUT2D eigenvalue weighted by Gasteiger charge is 2.13. The summed E-state index contributed by atoms with van der Waals surface area (Å²) in [5.74, 6) is 0.677. The maximum atomic E-state index is 13.0. The molecule has 0 saturated heterocycles. The molecule has 0 aliphatic carbocycles. The Morgan fingerprint density at radius 1 is 1.12 bits per heavy atom. The zero-order valence-corrected chi connectivity index (χ0v) is 17.0. The molecule has 0 bridgehead atoms. The van der Waals surface area contributed by atoms with Crippen LogP contribution in [0.2, 0.25) is 10.3 Å². The minimum absolute atomic E-state index is 0. The number of nitrogens with zero attached hydrogens (tertiary/aromatic N) is 3. The number of halogens is 4. The molecule has 26 heavy (non-hydrogen) atoms. The molecule has 0 saturated carbocycles. The minimum Gasteiger partial charge on any atom is -0.318 e. The number of hydrogen-bond donors (Lipinski definition) is 0. The molecule has 142 valence electrons. The largest absolute Gasteiger partial charge is 0.318 e. The second-order valence-electron chi connectivity index (χ2n) is 6.39. The van der Waals surface area contributed by atoms with Crippen LogP contribution in [-0.4, -0.2) is 34.1 Å². The predicted molar refractivity (Wildman–Crippen MR) is 109 cm³/mol. The van der Waals surface area contributed by atoms with Crippen molar-refractivity contribution in [2.24, 2.45) is 0 Å². The van der Waals surface area contributed by atoms with Crippen molar-refractivity contribution in [1.82, 2.24) is 14.5 Å². The van der Waals surface area contributed by atoms with Crippen LogP contribution in [0.25, 0.3) is 5.57 Å². The third kappa shape index (κ3) is 5.23. The van der Waals surface area contributed by atoms with Crippen molar-refractivity contribution < 1.29 is 4.39 Å². The molecule has 3 rings (SSSR count). The fraction of sp³-hybridized carbons (Fsp3) is 0.421. The molecule has 2 heterocycles. The van der Waals surface area contributed by atoms with Gasteiger partial charge in [-0.15, -0.1) is 12.4 Å². The monoisotopic (exact) mass is 417 g/mol. The van der Waals surface area contributed by atoms with E-state index in [9.17, 15) is 4.39 Å². The highest BCUT2D eigenvalue weighted by Crippen LogP contribution is 2.24. The van der Waals surface area contributed by atoms with Gasteiger partial charge in [-0.25, -0.2) is 9.37 Å². The normalized spacial score (nSPS) is 14.8. The number of rotatable bonds is 6. The van der Waals surface area contributed by atoms with Crippen LogP contribution in [0, 0.1) is 12.7 Å². The van der Waals surface area contributed by atoms with Crippen LogP contribution in [0.4, 0.5) is 4.39 Å². The lowest BCUT2D eigenvalue weighted by Crippen LogP contribution is -2.29.